The van der Waals surface area contributed by atoms with Gasteiger partial charge in [-0.2, -0.15) is 0 Å². The molecule has 2 aromatic heterocycles. The molecular formula is C12H12BrN3O2. The molecule has 94 valence electrons. The standard InChI is InChI=1S/C12H12BrN3O2/c1-3-18-12(17)10-7-15-11(16(10)2)9-5-4-8(13)6-14-9/h4-7H,3H2,1-2H3. The van der Waals surface area contributed by atoms with Crippen LogP contribution in [0.3, 0.4) is 0 Å². The molecule has 0 N–H and O–H groups in total. The number of hydrogen-bond donors (Lipinski definition) is 0. The van der Waals surface area contributed by atoms with Crippen molar-refractivity contribution in [1.29, 1.82) is 0 Å². The van der Waals surface area contributed by atoms with Gasteiger partial charge in [0.15, 0.2) is 5.82 Å². The number of nitrogens with zero attached hydrogens (tertiary/aromatic N) is 3. The van der Waals surface area contributed by atoms with E-state index in [4.69, 9.17) is 4.74 Å². The van der Waals surface area contributed by atoms with Gasteiger partial charge in [0.2, 0.25) is 0 Å². The summed E-state index contributed by atoms with van der Waals surface area (Å²) in [5.41, 5.74) is 1.12. The van der Waals surface area contributed by atoms with E-state index in [2.05, 4.69) is 25.9 Å². The topological polar surface area (TPSA) is 57.0 Å². The fourth-order valence-electron chi connectivity index (χ4n) is 1.55. The number of hydrogen-bond acceptors (Lipinski definition) is 4. The van der Waals surface area contributed by atoms with Crippen molar-refractivity contribution in [1.82, 2.24) is 14.5 Å². The average molecular weight is 310 g/mol. The van der Waals surface area contributed by atoms with Gasteiger partial charge in [0.05, 0.1) is 12.8 Å². The Morgan fingerprint density at radius 3 is 2.78 bits per heavy atom. The predicted molar refractivity (Wildman–Crippen MR) is 70.1 cm³/mol. The van der Waals surface area contributed by atoms with Gasteiger partial charge in [0, 0.05) is 17.7 Å². The highest BCUT2D eigenvalue weighted by molar-refractivity contribution is 9.10. The Morgan fingerprint density at radius 1 is 1.39 bits per heavy atom. The highest BCUT2D eigenvalue weighted by Crippen LogP contribution is 2.18. The Balaban J connectivity index is 2.36. The zero-order valence-electron chi connectivity index (χ0n) is 10.1. The maximum Gasteiger partial charge on any atom is 0.356 e. The van der Waals surface area contributed by atoms with E-state index in [1.54, 1.807) is 24.7 Å². The summed E-state index contributed by atoms with van der Waals surface area (Å²) >= 11 is 3.32. The lowest BCUT2D eigenvalue weighted by molar-refractivity contribution is 0.0515. The number of esters is 1. The van der Waals surface area contributed by atoms with Gasteiger partial charge in [-0.3, -0.25) is 4.98 Å². The van der Waals surface area contributed by atoms with Crippen LogP contribution in [0.5, 0.6) is 0 Å². The largest absolute Gasteiger partial charge is 0.461 e. The van der Waals surface area contributed by atoms with Crippen LogP contribution in [0.2, 0.25) is 0 Å². The molecule has 0 radical (unpaired) electrons. The second kappa shape index (κ2) is 5.30. The van der Waals surface area contributed by atoms with Gasteiger partial charge in [-0.25, -0.2) is 9.78 Å². The molecule has 0 amide bonds. The van der Waals surface area contributed by atoms with E-state index in [-0.39, 0.29) is 5.97 Å². The summed E-state index contributed by atoms with van der Waals surface area (Å²) in [6.07, 6.45) is 3.19. The summed E-state index contributed by atoms with van der Waals surface area (Å²) in [6, 6.07) is 3.71. The first-order valence-electron chi connectivity index (χ1n) is 5.44. The quantitative estimate of drug-likeness (QED) is 0.817. The van der Waals surface area contributed by atoms with Crippen LogP contribution < -0.4 is 0 Å². The number of pyridine rings is 1. The first-order valence-corrected chi connectivity index (χ1v) is 6.23. The summed E-state index contributed by atoms with van der Waals surface area (Å²) in [5, 5.41) is 0. The van der Waals surface area contributed by atoms with E-state index in [0.717, 1.165) is 4.47 Å². The molecule has 6 heteroatoms. The molecule has 2 heterocycles. The van der Waals surface area contributed by atoms with E-state index in [1.165, 1.54) is 6.20 Å². The van der Waals surface area contributed by atoms with Crippen LogP contribution in [-0.2, 0) is 11.8 Å². The Hall–Kier alpha value is -1.69. The number of carbonyl (C=O) groups excluding carboxylic acids is 1. The van der Waals surface area contributed by atoms with Crippen molar-refractivity contribution in [2.24, 2.45) is 7.05 Å². The third-order valence-corrected chi connectivity index (χ3v) is 2.90. The minimum absolute atomic E-state index is 0.343. The highest BCUT2D eigenvalue weighted by atomic mass is 79.9. The maximum atomic E-state index is 11.7. The van der Waals surface area contributed by atoms with Crippen molar-refractivity contribution in [3.05, 3.63) is 34.7 Å². The Labute approximate surface area is 113 Å². The van der Waals surface area contributed by atoms with Crippen LogP contribution in [0.1, 0.15) is 17.4 Å². The fourth-order valence-corrected chi connectivity index (χ4v) is 1.78. The van der Waals surface area contributed by atoms with E-state index in [9.17, 15) is 4.79 Å². The highest BCUT2D eigenvalue weighted by Gasteiger charge is 2.16. The van der Waals surface area contributed by atoms with Crippen molar-refractivity contribution in [2.75, 3.05) is 6.61 Å². The number of rotatable bonds is 3. The Bertz CT molecular complexity index is 563. The number of imidazole rings is 1. The van der Waals surface area contributed by atoms with Crippen molar-refractivity contribution < 1.29 is 9.53 Å². The fraction of sp³-hybridized carbons (Fsp3) is 0.250. The van der Waals surface area contributed by atoms with Gasteiger partial charge in [-0.15, -0.1) is 0 Å². The molecule has 0 aliphatic rings. The smallest absolute Gasteiger partial charge is 0.356 e. The minimum Gasteiger partial charge on any atom is -0.461 e. The monoisotopic (exact) mass is 309 g/mol. The second-order valence-electron chi connectivity index (χ2n) is 3.61. The lowest BCUT2D eigenvalue weighted by atomic mass is 10.3. The molecule has 0 aromatic carbocycles. The molecule has 2 rings (SSSR count). The van der Waals surface area contributed by atoms with E-state index < -0.39 is 0 Å². The molecule has 0 aliphatic carbocycles. The molecule has 0 unspecified atom stereocenters. The summed E-state index contributed by atoms with van der Waals surface area (Å²) in [7, 11) is 1.76. The van der Waals surface area contributed by atoms with Gasteiger partial charge < -0.3 is 9.30 Å². The summed E-state index contributed by atoms with van der Waals surface area (Å²) in [4.78, 5) is 20.1. The summed E-state index contributed by atoms with van der Waals surface area (Å²) in [5.74, 6) is 0.251. The first kappa shape index (κ1) is 12.8. The van der Waals surface area contributed by atoms with Gasteiger partial charge in [0.1, 0.15) is 11.4 Å². The van der Waals surface area contributed by atoms with Crippen LogP contribution in [0.15, 0.2) is 29.0 Å². The molecule has 0 saturated heterocycles. The van der Waals surface area contributed by atoms with E-state index in [0.29, 0.717) is 23.8 Å². The molecule has 0 fully saturated rings. The van der Waals surface area contributed by atoms with Crippen molar-refractivity contribution in [3.63, 3.8) is 0 Å². The molecule has 5 nitrogen and oxygen atoms in total. The average Bonchev–Trinajstić information content (AvgIpc) is 2.73. The molecular weight excluding hydrogens is 298 g/mol. The zero-order valence-corrected chi connectivity index (χ0v) is 11.6. The van der Waals surface area contributed by atoms with Gasteiger partial charge in [0.25, 0.3) is 0 Å². The molecule has 18 heavy (non-hydrogen) atoms. The van der Waals surface area contributed by atoms with Crippen molar-refractivity contribution in [2.45, 2.75) is 6.92 Å². The van der Waals surface area contributed by atoms with Gasteiger partial charge in [-0.05, 0) is 35.0 Å². The predicted octanol–water partition coefficient (Wildman–Crippen LogP) is 2.42. The van der Waals surface area contributed by atoms with Crippen LogP contribution in [0, 0.1) is 0 Å². The third-order valence-electron chi connectivity index (χ3n) is 2.43. The normalized spacial score (nSPS) is 10.4. The van der Waals surface area contributed by atoms with Crippen LogP contribution in [-0.4, -0.2) is 27.1 Å². The number of carbonyl (C=O) groups is 1. The first-order chi connectivity index (χ1) is 8.63. The van der Waals surface area contributed by atoms with Crippen LogP contribution in [0.25, 0.3) is 11.5 Å². The SMILES string of the molecule is CCOC(=O)c1cnc(-c2ccc(Br)cn2)n1C. The van der Waals surface area contributed by atoms with E-state index in [1.807, 2.05) is 12.1 Å². The van der Waals surface area contributed by atoms with E-state index >= 15 is 0 Å². The zero-order chi connectivity index (χ0) is 13.1. The lowest BCUT2D eigenvalue weighted by Gasteiger charge is -2.05. The molecule has 0 atom stereocenters. The Morgan fingerprint density at radius 2 is 2.17 bits per heavy atom. The van der Waals surface area contributed by atoms with Gasteiger partial charge >= 0.3 is 5.97 Å². The molecule has 0 saturated carbocycles. The maximum absolute atomic E-state index is 11.7. The van der Waals surface area contributed by atoms with Crippen molar-refractivity contribution >= 4 is 21.9 Å². The molecule has 0 bridgehead atoms. The number of aromatic nitrogens is 3. The van der Waals surface area contributed by atoms with Gasteiger partial charge in [-0.1, -0.05) is 0 Å². The summed E-state index contributed by atoms with van der Waals surface area (Å²) < 4.78 is 7.52. The van der Waals surface area contributed by atoms with Crippen LogP contribution >= 0.6 is 15.9 Å². The molecule has 0 spiro atoms. The summed E-state index contributed by atoms with van der Waals surface area (Å²) in [6.45, 7) is 2.11. The molecule has 2 aromatic rings. The van der Waals surface area contributed by atoms with Crippen molar-refractivity contribution in [3.8, 4) is 11.5 Å². The lowest BCUT2D eigenvalue weighted by Crippen LogP contribution is -2.10. The number of halogens is 1. The second-order valence-corrected chi connectivity index (χ2v) is 4.52. The van der Waals surface area contributed by atoms with Crippen LogP contribution in [0.4, 0.5) is 0 Å². The minimum atomic E-state index is -0.379. The molecule has 0 aliphatic heterocycles. The third kappa shape index (κ3) is 2.43. The number of ether oxygens (including phenoxy) is 1. The Kier molecular flexibility index (Phi) is 3.76.